The van der Waals surface area contributed by atoms with E-state index in [1.165, 1.54) is 18.5 Å². The maximum Gasteiger partial charge on any atom is 0.323 e. The van der Waals surface area contributed by atoms with Gasteiger partial charge >= 0.3 is 6.03 Å². The van der Waals surface area contributed by atoms with Gasteiger partial charge in [-0.15, -0.1) is 11.3 Å². The molecule has 3 rings (SSSR count). The van der Waals surface area contributed by atoms with Crippen LogP contribution in [0.2, 0.25) is 0 Å². The Morgan fingerprint density at radius 3 is 3.13 bits per heavy atom. The number of aromatic nitrogens is 1. The number of amides is 2. The summed E-state index contributed by atoms with van der Waals surface area (Å²) in [5.41, 5.74) is 1.17. The van der Waals surface area contributed by atoms with Gasteiger partial charge in [0.05, 0.1) is 5.69 Å². The lowest BCUT2D eigenvalue weighted by molar-refractivity contribution is 0.243. The molecule has 0 bridgehead atoms. The molecule has 1 N–H and O–H groups in total. The van der Waals surface area contributed by atoms with Crippen LogP contribution in [0.3, 0.4) is 0 Å². The SMILES string of the molecule is O=C1NCCCN1c1nc(C2CC2)cs1. The standard InChI is InChI=1S/C10H13N3OS/c14-9-11-4-1-5-13(9)10-12-8(6-15-10)7-2-3-7/h6-7H,1-5H2,(H,11,14). The molecule has 1 aliphatic carbocycles. The first-order valence-electron chi connectivity index (χ1n) is 5.35. The quantitative estimate of drug-likeness (QED) is 0.832. The van der Waals surface area contributed by atoms with Crippen LogP contribution in [0.1, 0.15) is 30.9 Å². The van der Waals surface area contributed by atoms with Crippen LogP contribution in [0.15, 0.2) is 5.38 Å². The molecule has 80 valence electrons. The molecule has 0 spiro atoms. The van der Waals surface area contributed by atoms with Crippen LogP contribution in [0.5, 0.6) is 0 Å². The fraction of sp³-hybridized carbons (Fsp3) is 0.600. The van der Waals surface area contributed by atoms with Crippen molar-refractivity contribution in [1.29, 1.82) is 0 Å². The maximum absolute atomic E-state index is 11.6. The average molecular weight is 223 g/mol. The molecule has 2 heterocycles. The Bertz CT molecular complexity index is 386. The molecular weight excluding hydrogens is 210 g/mol. The topological polar surface area (TPSA) is 45.2 Å². The molecule has 2 fully saturated rings. The van der Waals surface area contributed by atoms with Gasteiger partial charge in [-0.2, -0.15) is 0 Å². The van der Waals surface area contributed by atoms with Gasteiger partial charge in [-0.25, -0.2) is 9.78 Å². The second kappa shape index (κ2) is 3.48. The highest BCUT2D eigenvalue weighted by atomic mass is 32.1. The van der Waals surface area contributed by atoms with E-state index in [9.17, 15) is 4.79 Å². The second-order valence-corrected chi connectivity index (χ2v) is 4.90. The zero-order valence-electron chi connectivity index (χ0n) is 8.40. The van der Waals surface area contributed by atoms with Gasteiger partial charge in [0.15, 0.2) is 5.13 Å². The predicted molar refractivity (Wildman–Crippen MR) is 59.5 cm³/mol. The number of rotatable bonds is 2. The molecule has 1 aromatic heterocycles. The molecule has 0 unspecified atom stereocenters. The van der Waals surface area contributed by atoms with Crippen molar-refractivity contribution >= 4 is 22.5 Å². The number of carbonyl (C=O) groups excluding carboxylic acids is 1. The Kier molecular flexibility index (Phi) is 2.12. The molecule has 0 atom stereocenters. The Hall–Kier alpha value is -1.10. The molecule has 2 aliphatic rings. The number of hydrogen-bond acceptors (Lipinski definition) is 3. The third-order valence-corrected chi connectivity index (χ3v) is 3.70. The van der Waals surface area contributed by atoms with E-state index in [0.717, 1.165) is 24.6 Å². The monoisotopic (exact) mass is 223 g/mol. The predicted octanol–water partition coefficient (Wildman–Crippen LogP) is 1.94. The van der Waals surface area contributed by atoms with Gasteiger partial charge in [0, 0.05) is 24.4 Å². The number of nitrogens with zero attached hydrogens (tertiary/aromatic N) is 2. The van der Waals surface area contributed by atoms with Crippen LogP contribution < -0.4 is 10.2 Å². The summed E-state index contributed by atoms with van der Waals surface area (Å²) in [5, 5.41) is 5.79. The number of carbonyl (C=O) groups is 1. The van der Waals surface area contributed by atoms with Gasteiger partial charge in [-0.3, -0.25) is 4.90 Å². The summed E-state index contributed by atoms with van der Waals surface area (Å²) in [5.74, 6) is 0.669. The highest BCUT2D eigenvalue weighted by Gasteiger charge is 2.28. The zero-order chi connectivity index (χ0) is 10.3. The molecule has 0 radical (unpaired) electrons. The van der Waals surface area contributed by atoms with E-state index >= 15 is 0 Å². The van der Waals surface area contributed by atoms with Crippen molar-refractivity contribution in [2.75, 3.05) is 18.0 Å². The van der Waals surface area contributed by atoms with E-state index in [1.807, 2.05) is 0 Å². The number of nitrogens with one attached hydrogen (secondary N) is 1. The zero-order valence-corrected chi connectivity index (χ0v) is 9.22. The Balaban J connectivity index is 1.80. The van der Waals surface area contributed by atoms with Gasteiger partial charge in [-0.1, -0.05) is 0 Å². The van der Waals surface area contributed by atoms with E-state index in [1.54, 1.807) is 16.2 Å². The van der Waals surface area contributed by atoms with Gasteiger partial charge < -0.3 is 5.32 Å². The first kappa shape index (κ1) is 9.15. The van der Waals surface area contributed by atoms with Crippen molar-refractivity contribution in [2.24, 2.45) is 0 Å². The van der Waals surface area contributed by atoms with Crippen molar-refractivity contribution in [1.82, 2.24) is 10.3 Å². The molecule has 1 aromatic rings. The summed E-state index contributed by atoms with van der Waals surface area (Å²) < 4.78 is 0. The van der Waals surface area contributed by atoms with Crippen molar-refractivity contribution in [3.05, 3.63) is 11.1 Å². The van der Waals surface area contributed by atoms with E-state index in [-0.39, 0.29) is 6.03 Å². The summed E-state index contributed by atoms with van der Waals surface area (Å²) in [7, 11) is 0. The summed E-state index contributed by atoms with van der Waals surface area (Å²) in [6.45, 7) is 1.58. The Morgan fingerprint density at radius 2 is 2.40 bits per heavy atom. The molecule has 5 heteroatoms. The lowest BCUT2D eigenvalue weighted by Crippen LogP contribution is -2.46. The lowest BCUT2D eigenvalue weighted by Gasteiger charge is -2.24. The van der Waals surface area contributed by atoms with Crippen LogP contribution in [0, 0.1) is 0 Å². The Morgan fingerprint density at radius 1 is 1.53 bits per heavy atom. The summed E-state index contributed by atoms with van der Waals surface area (Å²) >= 11 is 1.58. The fourth-order valence-electron chi connectivity index (χ4n) is 1.78. The number of anilines is 1. The molecular formula is C10H13N3OS. The van der Waals surface area contributed by atoms with Crippen molar-refractivity contribution in [2.45, 2.75) is 25.2 Å². The Labute approximate surface area is 92.3 Å². The highest BCUT2D eigenvalue weighted by Crippen LogP contribution is 2.41. The molecule has 2 amide bonds. The van der Waals surface area contributed by atoms with Crippen LogP contribution in [0.25, 0.3) is 0 Å². The fourth-order valence-corrected chi connectivity index (χ4v) is 2.71. The van der Waals surface area contributed by atoms with Gasteiger partial charge in [0.2, 0.25) is 0 Å². The third-order valence-electron chi connectivity index (χ3n) is 2.82. The minimum atomic E-state index is -0.00190. The van der Waals surface area contributed by atoms with Crippen LogP contribution in [-0.2, 0) is 0 Å². The molecule has 1 saturated carbocycles. The molecule has 15 heavy (non-hydrogen) atoms. The smallest absolute Gasteiger partial charge is 0.323 e. The van der Waals surface area contributed by atoms with Crippen molar-refractivity contribution < 1.29 is 4.79 Å². The van der Waals surface area contributed by atoms with Crippen molar-refractivity contribution in [3.8, 4) is 0 Å². The summed E-state index contributed by atoms with van der Waals surface area (Å²) in [4.78, 5) is 17.9. The van der Waals surface area contributed by atoms with Crippen LogP contribution >= 0.6 is 11.3 Å². The molecule has 1 saturated heterocycles. The molecule has 1 aliphatic heterocycles. The van der Waals surface area contributed by atoms with E-state index in [4.69, 9.17) is 0 Å². The minimum absolute atomic E-state index is 0.00190. The molecule has 0 aromatic carbocycles. The average Bonchev–Trinajstić information content (AvgIpc) is 2.99. The first-order valence-corrected chi connectivity index (χ1v) is 6.23. The van der Waals surface area contributed by atoms with Gasteiger partial charge in [0.1, 0.15) is 0 Å². The number of urea groups is 1. The summed E-state index contributed by atoms with van der Waals surface area (Å²) in [6.07, 6.45) is 3.52. The second-order valence-electron chi connectivity index (χ2n) is 4.07. The minimum Gasteiger partial charge on any atom is -0.338 e. The van der Waals surface area contributed by atoms with E-state index < -0.39 is 0 Å². The van der Waals surface area contributed by atoms with Gasteiger partial charge in [0.25, 0.3) is 0 Å². The first-order chi connectivity index (χ1) is 7.34. The van der Waals surface area contributed by atoms with Crippen LogP contribution in [0.4, 0.5) is 9.93 Å². The number of thiazole rings is 1. The highest BCUT2D eigenvalue weighted by molar-refractivity contribution is 7.14. The molecule has 4 nitrogen and oxygen atoms in total. The number of hydrogen-bond donors (Lipinski definition) is 1. The van der Waals surface area contributed by atoms with Gasteiger partial charge in [-0.05, 0) is 19.3 Å². The van der Waals surface area contributed by atoms with E-state index in [0.29, 0.717) is 5.92 Å². The summed E-state index contributed by atoms with van der Waals surface area (Å²) in [6, 6.07) is -0.00190. The maximum atomic E-state index is 11.6. The normalized spacial score (nSPS) is 21.6. The van der Waals surface area contributed by atoms with Crippen LogP contribution in [-0.4, -0.2) is 24.1 Å². The van der Waals surface area contributed by atoms with E-state index in [2.05, 4.69) is 15.7 Å². The largest absolute Gasteiger partial charge is 0.338 e. The lowest BCUT2D eigenvalue weighted by atomic mass is 10.3. The van der Waals surface area contributed by atoms with Crippen molar-refractivity contribution in [3.63, 3.8) is 0 Å². The third kappa shape index (κ3) is 1.71.